The number of hydrogen-bond acceptors (Lipinski definition) is 5. The summed E-state index contributed by atoms with van der Waals surface area (Å²) >= 11 is 1.50. The van der Waals surface area contributed by atoms with Gasteiger partial charge in [0.25, 0.3) is 0 Å². The summed E-state index contributed by atoms with van der Waals surface area (Å²) in [4.78, 5) is 4.29. The fourth-order valence-electron chi connectivity index (χ4n) is 1.34. The van der Waals surface area contributed by atoms with Gasteiger partial charge in [0.15, 0.2) is 5.82 Å². The van der Waals surface area contributed by atoms with Crippen LogP contribution in [-0.2, 0) is 5.75 Å². The molecule has 0 aromatic carbocycles. The van der Waals surface area contributed by atoms with Crippen molar-refractivity contribution in [3.05, 3.63) is 11.7 Å². The Morgan fingerprint density at radius 1 is 1.71 bits per heavy atom. The molecule has 2 rings (SSSR count). The van der Waals surface area contributed by atoms with Crippen molar-refractivity contribution in [3.63, 3.8) is 0 Å². The second-order valence-corrected chi connectivity index (χ2v) is 4.50. The third kappa shape index (κ3) is 2.07. The van der Waals surface area contributed by atoms with Gasteiger partial charge in [-0.2, -0.15) is 10.2 Å². The number of nitriles is 1. The van der Waals surface area contributed by atoms with E-state index in [1.165, 1.54) is 18.2 Å². The standard InChI is InChI=1S/C9H11N3OS/c1-6-4-7(6)9-11-8(13-12-9)5-14-3-2-10/h6-7H,3-5H2,1H3. The molecule has 1 heterocycles. The van der Waals surface area contributed by atoms with Crippen molar-refractivity contribution < 1.29 is 4.52 Å². The zero-order valence-electron chi connectivity index (χ0n) is 7.93. The first-order valence-electron chi connectivity index (χ1n) is 4.58. The maximum absolute atomic E-state index is 8.34. The van der Waals surface area contributed by atoms with E-state index in [4.69, 9.17) is 9.78 Å². The van der Waals surface area contributed by atoms with Gasteiger partial charge in [-0.25, -0.2) is 0 Å². The average Bonchev–Trinajstić information content (AvgIpc) is 2.74. The summed E-state index contributed by atoms with van der Waals surface area (Å²) in [7, 11) is 0. The smallest absolute Gasteiger partial charge is 0.236 e. The van der Waals surface area contributed by atoms with Crippen molar-refractivity contribution in [2.45, 2.75) is 25.0 Å². The summed E-state index contributed by atoms with van der Waals surface area (Å²) in [5.74, 6) is 3.80. The zero-order chi connectivity index (χ0) is 9.97. The van der Waals surface area contributed by atoms with Crippen LogP contribution in [0, 0.1) is 17.2 Å². The second kappa shape index (κ2) is 4.01. The van der Waals surface area contributed by atoms with E-state index in [0.717, 1.165) is 5.82 Å². The van der Waals surface area contributed by atoms with Crippen molar-refractivity contribution in [2.75, 3.05) is 5.75 Å². The average molecular weight is 209 g/mol. The van der Waals surface area contributed by atoms with E-state index in [1.807, 2.05) is 0 Å². The van der Waals surface area contributed by atoms with Gasteiger partial charge in [-0.3, -0.25) is 0 Å². The quantitative estimate of drug-likeness (QED) is 0.709. The van der Waals surface area contributed by atoms with E-state index in [-0.39, 0.29) is 0 Å². The molecule has 1 aromatic rings. The van der Waals surface area contributed by atoms with Gasteiger partial charge in [0.05, 0.1) is 17.6 Å². The summed E-state index contributed by atoms with van der Waals surface area (Å²) in [6.45, 7) is 2.19. The number of hydrogen-bond donors (Lipinski definition) is 0. The largest absolute Gasteiger partial charge is 0.338 e. The molecule has 0 radical (unpaired) electrons. The van der Waals surface area contributed by atoms with Gasteiger partial charge in [0, 0.05) is 5.92 Å². The molecule has 2 unspecified atom stereocenters. The lowest BCUT2D eigenvalue weighted by Gasteiger charge is -1.87. The van der Waals surface area contributed by atoms with Crippen LogP contribution in [0.2, 0.25) is 0 Å². The molecule has 0 amide bonds. The minimum absolute atomic E-state index is 0.470. The fraction of sp³-hybridized carbons (Fsp3) is 0.667. The molecule has 2 atom stereocenters. The van der Waals surface area contributed by atoms with Gasteiger partial charge < -0.3 is 4.52 Å². The van der Waals surface area contributed by atoms with E-state index in [2.05, 4.69) is 23.1 Å². The Morgan fingerprint density at radius 3 is 3.14 bits per heavy atom. The van der Waals surface area contributed by atoms with E-state index in [9.17, 15) is 0 Å². The van der Waals surface area contributed by atoms with Crippen LogP contribution in [0.4, 0.5) is 0 Å². The number of rotatable bonds is 4. The van der Waals surface area contributed by atoms with Gasteiger partial charge in [-0.15, -0.1) is 11.8 Å². The Bertz CT molecular complexity index is 357. The van der Waals surface area contributed by atoms with E-state index < -0.39 is 0 Å². The predicted octanol–water partition coefficient (Wildman–Crippen LogP) is 1.95. The third-order valence-corrected chi connectivity index (χ3v) is 3.10. The van der Waals surface area contributed by atoms with Crippen LogP contribution in [0.15, 0.2) is 4.52 Å². The molecular weight excluding hydrogens is 198 g/mol. The highest BCUT2D eigenvalue weighted by molar-refractivity contribution is 7.98. The summed E-state index contributed by atoms with van der Waals surface area (Å²) < 4.78 is 5.07. The number of thioether (sulfide) groups is 1. The lowest BCUT2D eigenvalue weighted by atomic mass is 10.3. The topological polar surface area (TPSA) is 62.7 Å². The molecule has 1 aliphatic rings. The second-order valence-electron chi connectivity index (χ2n) is 3.52. The monoisotopic (exact) mass is 209 g/mol. The summed E-state index contributed by atoms with van der Waals surface area (Å²) in [6, 6.07) is 2.06. The van der Waals surface area contributed by atoms with Crippen molar-refractivity contribution in [3.8, 4) is 6.07 Å². The van der Waals surface area contributed by atoms with Crippen molar-refractivity contribution in [2.24, 2.45) is 5.92 Å². The Hall–Kier alpha value is -1.02. The molecule has 0 N–H and O–H groups in total. The highest BCUT2D eigenvalue weighted by Gasteiger charge is 2.37. The maximum Gasteiger partial charge on any atom is 0.236 e. The number of nitrogens with zero attached hydrogens (tertiary/aromatic N) is 3. The van der Waals surface area contributed by atoms with Crippen molar-refractivity contribution >= 4 is 11.8 Å². The van der Waals surface area contributed by atoms with Crippen LogP contribution in [0.1, 0.15) is 31.0 Å². The SMILES string of the molecule is CC1CC1c1noc(CSCC#N)n1. The van der Waals surface area contributed by atoms with Crippen LogP contribution in [0.5, 0.6) is 0 Å². The van der Waals surface area contributed by atoms with Gasteiger partial charge >= 0.3 is 0 Å². The first-order chi connectivity index (χ1) is 6.81. The molecular formula is C9H11N3OS. The van der Waals surface area contributed by atoms with Crippen LogP contribution < -0.4 is 0 Å². The van der Waals surface area contributed by atoms with E-state index in [0.29, 0.717) is 29.2 Å². The highest BCUT2D eigenvalue weighted by Crippen LogP contribution is 2.45. The Kier molecular flexibility index (Phi) is 2.73. The van der Waals surface area contributed by atoms with Gasteiger partial charge in [0.2, 0.25) is 5.89 Å². The van der Waals surface area contributed by atoms with Gasteiger partial charge in [-0.05, 0) is 12.3 Å². The molecule has 4 nitrogen and oxygen atoms in total. The maximum atomic E-state index is 8.34. The predicted molar refractivity (Wildman–Crippen MR) is 52.6 cm³/mol. The Labute approximate surface area is 86.7 Å². The van der Waals surface area contributed by atoms with Crippen LogP contribution in [0.3, 0.4) is 0 Å². The molecule has 14 heavy (non-hydrogen) atoms. The molecule has 1 saturated carbocycles. The zero-order valence-corrected chi connectivity index (χ0v) is 8.75. The van der Waals surface area contributed by atoms with Crippen LogP contribution in [-0.4, -0.2) is 15.9 Å². The molecule has 0 saturated heterocycles. The molecule has 1 aromatic heterocycles. The minimum atomic E-state index is 0.470. The van der Waals surface area contributed by atoms with Crippen LogP contribution in [0.25, 0.3) is 0 Å². The fourth-order valence-corrected chi connectivity index (χ4v) is 1.83. The van der Waals surface area contributed by atoms with E-state index >= 15 is 0 Å². The molecule has 0 bridgehead atoms. The lowest BCUT2D eigenvalue weighted by Crippen LogP contribution is -1.86. The summed E-state index contributed by atoms with van der Waals surface area (Å²) in [5.41, 5.74) is 0. The van der Waals surface area contributed by atoms with Gasteiger partial charge in [-0.1, -0.05) is 12.1 Å². The molecule has 74 valence electrons. The lowest BCUT2D eigenvalue weighted by molar-refractivity contribution is 0.384. The highest BCUT2D eigenvalue weighted by atomic mass is 32.2. The molecule has 0 aliphatic heterocycles. The van der Waals surface area contributed by atoms with Crippen molar-refractivity contribution in [1.29, 1.82) is 5.26 Å². The Morgan fingerprint density at radius 2 is 2.50 bits per heavy atom. The van der Waals surface area contributed by atoms with Crippen molar-refractivity contribution in [1.82, 2.24) is 10.1 Å². The molecule has 0 spiro atoms. The normalized spacial score (nSPS) is 24.6. The first kappa shape index (κ1) is 9.53. The molecule has 5 heteroatoms. The number of aromatic nitrogens is 2. The van der Waals surface area contributed by atoms with Gasteiger partial charge in [0.1, 0.15) is 0 Å². The van der Waals surface area contributed by atoms with E-state index in [1.54, 1.807) is 0 Å². The molecule has 1 fully saturated rings. The Balaban J connectivity index is 1.87. The summed E-state index contributed by atoms with van der Waals surface area (Å²) in [5, 5.41) is 12.3. The molecule has 1 aliphatic carbocycles. The van der Waals surface area contributed by atoms with Crippen LogP contribution >= 0.6 is 11.8 Å². The first-order valence-corrected chi connectivity index (χ1v) is 5.74. The summed E-state index contributed by atoms with van der Waals surface area (Å²) in [6.07, 6.45) is 1.17. The minimum Gasteiger partial charge on any atom is -0.338 e. The third-order valence-electron chi connectivity index (χ3n) is 2.32.